The number of carbonyl (C=O) groups is 3. The number of amides is 2. The lowest BCUT2D eigenvalue weighted by Crippen LogP contribution is -2.44. The van der Waals surface area contributed by atoms with Crippen molar-refractivity contribution in [1.29, 1.82) is 0 Å². The van der Waals surface area contributed by atoms with Crippen LogP contribution >= 0.6 is 0 Å². The van der Waals surface area contributed by atoms with Gasteiger partial charge >= 0.3 is 5.97 Å². The molecule has 2 aromatic carbocycles. The molecular weight excluding hydrogens is 470 g/mol. The van der Waals surface area contributed by atoms with Crippen molar-refractivity contribution in [2.75, 3.05) is 13.2 Å². The monoisotopic (exact) mass is 511 g/mol. The summed E-state index contributed by atoms with van der Waals surface area (Å²) in [4.78, 5) is 36.3. The maximum absolute atomic E-state index is 12.5. The summed E-state index contributed by atoms with van der Waals surface area (Å²) >= 11 is 0. The van der Waals surface area contributed by atoms with Gasteiger partial charge < -0.3 is 26.3 Å². The van der Waals surface area contributed by atoms with E-state index in [0.29, 0.717) is 49.5 Å². The second-order valence-electron chi connectivity index (χ2n) is 9.13. The van der Waals surface area contributed by atoms with Crippen molar-refractivity contribution in [2.24, 2.45) is 11.5 Å². The van der Waals surface area contributed by atoms with Gasteiger partial charge in [-0.3, -0.25) is 9.59 Å². The fraction of sp³-hybridized carbons (Fsp3) is 0.483. The molecule has 37 heavy (non-hydrogen) atoms. The molecule has 0 aliphatic heterocycles. The van der Waals surface area contributed by atoms with E-state index in [1.807, 2.05) is 0 Å². The van der Waals surface area contributed by atoms with E-state index in [2.05, 4.69) is 12.2 Å². The van der Waals surface area contributed by atoms with Crippen LogP contribution in [0.1, 0.15) is 91.0 Å². The summed E-state index contributed by atoms with van der Waals surface area (Å²) in [7, 11) is 0. The molecule has 2 rings (SSSR count). The largest absolute Gasteiger partial charge is 0.489 e. The van der Waals surface area contributed by atoms with Gasteiger partial charge in [0.05, 0.1) is 12.2 Å². The van der Waals surface area contributed by atoms with Gasteiger partial charge in [0.25, 0.3) is 5.91 Å². The molecule has 2 aromatic rings. The third-order valence-electron chi connectivity index (χ3n) is 6.04. The van der Waals surface area contributed by atoms with Gasteiger partial charge in [0.15, 0.2) is 0 Å². The zero-order valence-corrected chi connectivity index (χ0v) is 21.9. The molecule has 0 saturated heterocycles. The van der Waals surface area contributed by atoms with Gasteiger partial charge in [0, 0.05) is 5.56 Å². The first kappa shape index (κ1) is 29.8. The molecular formula is C29H41N3O5. The molecule has 0 fully saturated rings. The van der Waals surface area contributed by atoms with Crippen molar-refractivity contribution in [3.05, 3.63) is 65.2 Å². The van der Waals surface area contributed by atoms with Crippen molar-refractivity contribution >= 4 is 17.8 Å². The first-order valence-electron chi connectivity index (χ1n) is 13.2. The predicted octanol–water partition coefficient (Wildman–Crippen LogP) is 4.50. The highest BCUT2D eigenvalue weighted by atomic mass is 16.5. The number of nitrogens with one attached hydrogen (secondary N) is 1. The number of ether oxygens (including phenoxy) is 2. The lowest BCUT2D eigenvalue weighted by Gasteiger charge is -2.15. The van der Waals surface area contributed by atoms with E-state index in [9.17, 15) is 14.4 Å². The molecule has 8 nitrogen and oxygen atoms in total. The quantitative estimate of drug-likeness (QED) is 0.199. The van der Waals surface area contributed by atoms with Gasteiger partial charge in [-0.2, -0.15) is 0 Å². The highest BCUT2D eigenvalue weighted by molar-refractivity contribution is 5.97. The predicted molar refractivity (Wildman–Crippen MR) is 144 cm³/mol. The number of primary amides is 1. The molecule has 1 unspecified atom stereocenters. The van der Waals surface area contributed by atoms with Crippen LogP contribution in [-0.2, 0) is 16.1 Å². The average Bonchev–Trinajstić information content (AvgIpc) is 2.91. The van der Waals surface area contributed by atoms with E-state index >= 15 is 0 Å². The highest BCUT2D eigenvalue weighted by Crippen LogP contribution is 2.16. The van der Waals surface area contributed by atoms with Crippen LogP contribution in [-0.4, -0.2) is 37.0 Å². The molecule has 0 radical (unpaired) electrons. The Morgan fingerprint density at radius 1 is 0.838 bits per heavy atom. The number of hydrogen-bond donors (Lipinski definition) is 3. The minimum Gasteiger partial charge on any atom is -0.489 e. The van der Waals surface area contributed by atoms with E-state index in [4.69, 9.17) is 20.9 Å². The van der Waals surface area contributed by atoms with Crippen LogP contribution in [0.15, 0.2) is 48.5 Å². The van der Waals surface area contributed by atoms with Gasteiger partial charge in [0.1, 0.15) is 18.4 Å². The normalized spacial score (nSPS) is 11.5. The van der Waals surface area contributed by atoms with E-state index in [0.717, 1.165) is 24.8 Å². The summed E-state index contributed by atoms with van der Waals surface area (Å²) in [5.74, 6) is -0.626. The first-order valence-corrected chi connectivity index (χ1v) is 13.2. The van der Waals surface area contributed by atoms with Crippen molar-refractivity contribution < 1.29 is 23.9 Å². The maximum atomic E-state index is 12.5. The molecule has 0 heterocycles. The van der Waals surface area contributed by atoms with Gasteiger partial charge in [-0.05, 0) is 74.2 Å². The topological polar surface area (TPSA) is 134 Å². The molecule has 8 heteroatoms. The summed E-state index contributed by atoms with van der Waals surface area (Å²) in [6.07, 6.45) is 8.79. The molecule has 5 N–H and O–H groups in total. The Kier molecular flexibility index (Phi) is 13.8. The number of nitrogens with two attached hydrogens (primary N) is 2. The molecule has 0 aliphatic carbocycles. The smallest absolute Gasteiger partial charge is 0.338 e. The van der Waals surface area contributed by atoms with Gasteiger partial charge in [0.2, 0.25) is 5.91 Å². The fourth-order valence-corrected chi connectivity index (χ4v) is 3.76. The minimum atomic E-state index is -0.724. The summed E-state index contributed by atoms with van der Waals surface area (Å²) in [6, 6.07) is 13.1. The fourth-order valence-electron chi connectivity index (χ4n) is 3.76. The summed E-state index contributed by atoms with van der Waals surface area (Å²) < 4.78 is 11.2. The Bertz CT molecular complexity index is 961. The Labute approximate surface area is 220 Å². The maximum Gasteiger partial charge on any atom is 0.338 e. The average molecular weight is 512 g/mol. The molecule has 0 aliphatic rings. The highest BCUT2D eigenvalue weighted by Gasteiger charge is 2.18. The van der Waals surface area contributed by atoms with Crippen molar-refractivity contribution in [3.63, 3.8) is 0 Å². The summed E-state index contributed by atoms with van der Waals surface area (Å²) in [6.45, 7) is 3.45. The number of hydrogen-bond acceptors (Lipinski definition) is 6. The van der Waals surface area contributed by atoms with Crippen LogP contribution in [0.4, 0.5) is 0 Å². The Hall–Kier alpha value is -3.39. The summed E-state index contributed by atoms with van der Waals surface area (Å²) in [5.41, 5.74) is 12.7. The molecule has 1 atom stereocenters. The zero-order valence-electron chi connectivity index (χ0n) is 21.9. The van der Waals surface area contributed by atoms with E-state index in [-0.39, 0.29) is 11.9 Å². The Balaban J connectivity index is 1.76. The number of esters is 1. The second kappa shape index (κ2) is 17.1. The third-order valence-corrected chi connectivity index (χ3v) is 6.04. The van der Waals surface area contributed by atoms with Crippen LogP contribution in [0.2, 0.25) is 0 Å². The second-order valence-corrected chi connectivity index (χ2v) is 9.13. The molecule has 0 aromatic heterocycles. The van der Waals surface area contributed by atoms with E-state index in [1.165, 1.54) is 25.7 Å². The number of rotatable bonds is 18. The molecule has 202 valence electrons. The van der Waals surface area contributed by atoms with E-state index < -0.39 is 11.9 Å². The Morgan fingerprint density at radius 2 is 1.49 bits per heavy atom. The molecule has 0 spiro atoms. The van der Waals surface area contributed by atoms with Gasteiger partial charge in [-0.1, -0.05) is 51.2 Å². The third kappa shape index (κ3) is 11.5. The zero-order chi connectivity index (χ0) is 26.9. The SMILES string of the molecule is CCCCCCCCOC(=O)c1ccc(OCc2ccc(C(=O)NC(CCCCN)C(N)=O)cc2)cc1. The first-order chi connectivity index (χ1) is 17.9. The van der Waals surface area contributed by atoms with Crippen molar-refractivity contribution in [3.8, 4) is 5.75 Å². The molecule has 0 bridgehead atoms. The lowest BCUT2D eigenvalue weighted by atomic mass is 10.1. The van der Waals surface area contributed by atoms with Crippen LogP contribution in [0, 0.1) is 0 Å². The number of benzene rings is 2. The Morgan fingerprint density at radius 3 is 2.14 bits per heavy atom. The number of unbranched alkanes of at least 4 members (excludes halogenated alkanes) is 6. The standard InChI is InChI=1S/C29H41N3O5/c1-2-3-4-5-6-9-20-36-29(35)24-15-17-25(18-16-24)37-21-22-11-13-23(14-12-22)28(34)32-26(27(31)33)10-7-8-19-30/h11-18,26H,2-10,19-21,30H2,1H3,(H2,31,33)(H,32,34). The molecule has 0 saturated carbocycles. The van der Waals surface area contributed by atoms with Crippen LogP contribution in [0.25, 0.3) is 0 Å². The van der Waals surface area contributed by atoms with Gasteiger partial charge in [-0.15, -0.1) is 0 Å². The van der Waals surface area contributed by atoms with Crippen molar-refractivity contribution in [1.82, 2.24) is 5.32 Å². The van der Waals surface area contributed by atoms with Crippen LogP contribution in [0.3, 0.4) is 0 Å². The summed E-state index contributed by atoms with van der Waals surface area (Å²) in [5, 5.41) is 2.69. The molecule has 2 amide bonds. The van der Waals surface area contributed by atoms with Crippen LogP contribution in [0.5, 0.6) is 5.75 Å². The van der Waals surface area contributed by atoms with Crippen LogP contribution < -0.4 is 21.5 Å². The number of carbonyl (C=O) groups excluding carboxylic acids is 3. The minimum absolute atomic E-state index is 0.298. The lowest BCUT2D eigenvalue weighted by molar-refractivity contribution is -0.120. The van der Waals surface area contributed by atoms with Gasteiger partial charge in [-0.25, -0.2) is 4.79 Å². The van der Waals surface area contributed by atoms with Crippen molar-refractivity contribution in [2.45, 2.75) is 77.4 Å². The van der Waals surface area contributed by atoms with E-state index in [1.54, 1.807) is 48.5 Å².